The number of benzene rings is 3. The number of carbonyl (C=O) groups excluding carboxylic acids is 1. The van der Waals surface area contributed by atoms with E-state index in [-0.39, 0.29) is 5.91 Å². The molecule has 4 rings (SSSR count). The quantitative estimate of drug-likeness (QED) is 0.319. The molecule has 0 unspecified atom stereocenters. The number of carbonyl (C=O) groups is 1. The number of nitrogens with one attached hydrogen (secondary N) is 1. The molecule has 1 fully saturated rings. The van der Waals surface area contributed by atoms with Gasteiger partial charge in [-0.25, -0.2) is 0 Å². The third-order valence-corrected chi connectivity index (χ3v) is 7.03. The molecule has 0 aliphatic carbocycles. The molecule has 0 bridgehead atoms. The van der Waals surface area contributed by atoms with Crippen molar-refractivity contribution in [2.45, 2.75) is 12.8 Å². The lowest BCUT2D eigenvalue weighted by Crippen LogP contribution is -2.38. The number of ether oxygens (including phenoxy) is 3. The van der Waals surface area contributed by atoms with E-state index in [1.807, 2.05) is 35.2 Å². The van der Waals surface area contributed by atoms with Crippen LogP contribution in [0.2, 0.25) is 5.02 Å². The summed E-state index contributed by atoms with van der Waals surface area (Å²) in [5, 5.41) is 4.18. The van der Waals surface area contributed by atoms with E-state index < -0.39 is 0 Å². The van der Waals surface area contributed by atoms with Gasteiger partial charge in [0.05, 0.1) is 13.7 Å². The Balaban J connectivity index is 1.57. The summed E-state index contributed by atoms with van der Waals surface area (Å²) < 4.78 is 16.5. The maximum absolute atomic E-state index is 14.0. The van der Waals surface area contributed by atoms with Gasteiger partial charge in [0, 0.05) is 43.0 Å². The number of hydrogen-bond acceptors (Lipinski definition) is 5. The predicted octanol–water partition coefficient (Wildman–Crippen LogP) is 5.49. The number of methoxy groups -OCH3 is 2. The van der Waals surface area contributed by atoms with Crippen molar-refractivity contribution in [3.05, 3.63) is 88.9 Å². The number of anilines is 1. The van der Waals surface area contributed by atoms with E-state index in [0.717, 1.165) is 31.6 Å². The van der Waals surface area contributed by atoms with Crippen molar-refractivity contribution >= 4 is 23.2 Å². The third-order valence-electron chi connectivity index (χ3n) is 6.78. The molecule has 196 valence electrons. The summed E-state index contributed by atoms with van der Waals surface area (Å²) >= 11 is 6.17. The molecule has 0 radical (unpaired) electrons. The number of nitrogens with zero attached hydrogens (tertiary/aromatic N) is 1. The smallest absolute Gasteiger partial charge is 0.258 e. The lowest BCUT2D eigenvalue weighted by atomic mass is 9.89. The summed E-state index contributed by atoms with van der Waals surface area (Å²) in [4.78, 5) is 15.8. The van der Waals surface area contributed by atoms with Gasteiger partial charge < -0.3 is 24.4 Å². The van der Waals surface area contributed by atoms with E-state index in [0.29, 0.717) is 53.7 Å². The largest absolute Gasteiger partial charge is 0.493 e. The van der Waals surface area contributed by atoms with Gasteiger partial charge in [-0.2, -0.15) is 0 Å². The van der Waals surface area contributed by atoms with Gasteiger partial charge in [0.15, 0.2) is 11.5 Å². The van der Waals surface area contributed by atoms with Gasteiger partial charge in [-0.3, -0.25) is 4.79 Å². The zero-order valence-electron chi connectivity index (χ0n) is 21.5. The van der Waals surface area contributed by atoms with Gasteiger partial charge in [0.1, 0.15) is 0 Å². The zero-order chi connectivity index (χ0) is 26.0. The number of halogens is 1. The predicted molar refractivity (Wildman–Crippen MR) is 148 cm³/mol. The van der Waals surface area contributed by atoms with Crippen LogP contribution in [0.25, 0.3) is 0 Å². The number of hydrogen-bond donors (Lipinski definition) is 1. The molecule has 0 saturated carbocycles. The first kappa shape index (κ1) is 27.0. The molecule has 1 saturated heterocycles. The van der Waals surface area contributed by atoms with Crippen molar-refractivity contribution in [3.63, 3.8) is 0 Å². The highest BCUT2D eigenvalue weighted by atomic mass is 35.5. The van der Waals surface area contributed by atoms with Crippen LogP contribution in [0.3, 0.4) is 0 Å². The summed E-state index contributed by atoms with van der Waals surface area (Å²) in [6, 6.07) is 23.3. The van der Waals surface area contributed by atoms with E-state index in [2.05, 4.69) is 29.6 Å². The van der Waals surface area contributed by atoms with Crippen molar-refractivity contribution in [3.8, 4) is 11.5 Å². The summed E-state index contributed by atoms with van der Waals surface area (Å²) in [6.07, 6.45) is 1.72. The van der Waals surface area contributed by atoms with Crippen molar-refractivity contribution in [1.29, 1.82) is 0 Å². The Hall–Kier alpha value is -3.06. The van der Waals surface area contributed by atoms with Crippen LogP contribution in [0.4, 0.5) is 5.69 Å². The van der Waals surface area contributed by atoms with Crippen molar-refractivity contribution in [2.24, 2.45) is 11.8 Å². The minimum absolute atomic E-state index is 0.0860. The van der Waals surface area contributed by atoms with Gasteiger partial charge in [0.25, 0.3) is 5.91 Å². The van der Waals surface area contributed by atoms with Crippen LogP contribution in [0, 0.1) is 11.8 Å². The SMILES string of the molecule is COCCCOc1cc(C(=O)N(C[C@@H]2CNC[C@H]2Cc2ccccc2)c2ccc(Cl)cc2)ccc1OC. The minimum atomic E-state index is -0.0860. The fourth-order valence-electron chi connectivity index (χ4n) is 4.78. The second-order valence-corrected chi connectivity index (χ2v) is 9.76. The minimum Gasteiger partial charge on any atom is -0.493 e. The molecule has 1 N–H and O–H groups in total. The highest BCUT2D eigenvalue weighted by Gasteiger charge is 2.31. The molecule has 6 nitrogen and oxygen atoms in total. The molecular formula is C30H35ClN2O4. The zero-order valence-corrected chi connectivity index (χ0v) is 22.2. The van der Waals surface area contributed by atoms with Crippen LogP contribution >= 0.6 is 11.6 Å². The molecular weight excluding hydrogens is 488 g/mol. The average molecular weight is 523 g/mol. The van der Waals surface area contributed by atoms with Gasteiger partial charge in [-0.15, -0.1) is 0 Å². The first-order valence-corrected chi connectivity index (χ1v) is 13.1. The second-order valence-electron chi connectivity index (χ2n) is 9.32. The molecule has 1 aliphatic heterocycles. The Morgan fingerprint density at radius 1 is 0.946 bits per heavy atom. The monoisotopic (exact) mass is 522 g/mol. The normalized spacial score (nSPS) is 16.9. The Bertz CT molecular complexity index is 1140. The van der Waals surface area contributed by atoms with Crippen LogP contribution < -0.4 is 19.7 Å². The van der Waals surface area contributed by atoms with Crippen LogP contribution in [-0.2, 0) is 11.2 Å². The van der Waals surface area contributed by atoms with E-state index in [4.69, 9.17) is 25.8 Å². The lowest BCUT2D eigenvalue weighted by molar-refractivity contribution is 0.0980. The molecule has 37 heavy (non-hydrogen) atoms. The molecule has 1 aliphatic rings. The van der Waals surface area contributed by atoms with Crippen LogP contribution in [-0.4, -0.2) is 53.0 Å². The summed E-state index contributed by atoms with van der Waals surface area (Å²) in [7, 11) is 3.26. The van der Waals surface area contributed by atoms with Crippen molar-refractivity contribution in [1.82, 2.24) is 5.32 Å². The van der Waals surface area contributed by atoms with E-state index in [1.165, 1.54) is 5.56 Å². The van der Waals surface area contributed by atoms with Crippen molar-refractivity contribution in [2.75, 3.05) is 52.0 Å². The summed E-state index contributed by atoms with van der Waals surface area (Å²) in [5.74, 6) is 1.79. The Labute approximate surface area is 224 Å². The summed E-state index contributed by atoms with van der Waals surface area (Å²) in [5.41, 5.74) is 2.68. The first-order chi connectivity index (χ1) is 18.1. The first-order valence-electron chi connectivity index (χ1n) is 12.7. The maximum Gasteiger partial charge on any atom is 0.258 e. The molecule has 0 aromatic heterocycles. The fraction of sp³-hybridized carbons (Fsp3) is 0.367. The molecule has 3 aromatic carbocycles. The van der Waals surface area contributed by atoms with Crippen LogP contribution in [0.1, 0.15) is 22.3 Å². The van der Waals surface area contributed by atoms with Crippen LogP contribution in [0.15, 0.2) is 72.8 Å². The van der Waals surface area contributed by atoms with E-state index in [9.17, 15) is 4.79 Å². The van der Waals surface area contributed by atoms with Gasteiger partial charge >= 0.3 is 0 Å². The number of rotatable bonds is 12. The molecule has 2 atom stereocenters. The molecule has 3 aromatic rings. The Morgan fingerprint density at radius 3 is 2.43 bits per heavy atom. The fourth-order valence-corrected chi connectivity index (χ4v) is 4.91. The summed E-state index contributed by atoms with van der Waals surface area (Å²) in [6.45, 7) is 3.47. The van der Waals surface area contributed by atoms with Crippen LogP contribution in [0.5, 0.6) is 11.5 Å². The third kappa shape index (κ3) is 7.25. The second kappa shape index (κ2) is 13.5. The van der Waals surface area contributed by atoms with E-state index >= 15 is 0 Å². The van der Waals surface area contributed by atoms with Crippen molar-refractivity contribution < 1.29 is 19.0 Å². The topological polar surface area (TPSA) is 60.0 Å². The average Bonchev–Trinajstić information content (AvgIpc) is 3.36. The van der Waals surface area contributed by atoms with Gasteiger partial charge in [0.2, 0.25) is 0 Å². The molecule has 7 heteroatoms. The molecule has 1 heterocycles. The Morgan fingerprint density at radius 2 is 1.70 bits per heavy atom. The highest BCUT2D eigenvalue weighted by molar-refractivity contribution is 6.30. The molecule has 1 amide bonds. The highest BCUT2D eigenvalue weighted by Crippen LogP contribution is 2.31. The van der Waals surface area contributed by atoms with Gasteiger partial charge in [-0.1, -0.05) is 41.9 Å². The van der Waals surface area contributed by atoms with E-state index in [1.54, 1.807) is 32.4 Å². The van der Waals surface area contributed by atoms with Gasteiger partial charge in [-0.05, 0) is 79.4 Å². The lowest BCUT2D eigenvalue weighted by Gasteiger charge is -2.29. The standard InChI is InChI=1S/C30H35ClN2O4/c1-35-15-6-16-37-29-18-23(9-14-28(29)36-2)30(34)33(27-12-10-26(31)11-13-27)21-25-20-32-19-24(25)17-22-7-4-3-5-8-22/h3-5,7-14,18,24-25,32H,6,15-17,19-21H2,1-2H3/t24-,25+/m1/s1. The Kier molecular flexibility index (Phi) is 9.83. The molecule has 0 spiro atoms. The maximum atomic E-state index is 14.0. The number of amides is 1.